The fourth-order valence-electron chi connectivity index (χ4n) is 2.70. The summed E-state index contributed by atoms with van der Waals surface area (Å²) < 4.78 is 10.6. The van der Waals surface area contributed by atoms with Crippen molar-refractivity contribution < 1.29 is 19.1 Å². The van der Waals surface area contributed by atoms with Crippen LogP contribution in [0, 0.1) is 0 Å². The molecule has 2 aromatic carbocycles. The van der Waals surface area contributed by atoms with Crippen molar-refractivity contribution in [2.24, 2.45) is 0 Å². The number of carbonyl (C=O) groups is 2. The number of fused-ring (bicyclic) bond motifs is 1. The van der Waals surface area contributed by atoms with Gasteiger partial charge < -0.3 is 20.1 Å². The number of benzene rings is 2. The van der Waals surface area contributed by atoms with Crippen LogP contribution in [0.5, 0.6) is 11.5 Å². The minimum Gasteiger partial charge on any atom is -0.454 e. The number of carbonyl (C=O) groups excluding carboxylic acids is 2. The fraction of sp³-hybridized carbons (Fsp3) is 0.300. The summed E-state index contributed by atoms with van der Waals surface area (Å²) in [5, 5.41) is 6.09. The largest absolute Gasteiger partial charge is 0.454 e. The summed E-state index contributed by atoms with van der Waals surface area (Å²) in [5.41, 5.74) is 1.45. The Bertz CT molecular complexity index is 874. The van der Waals surface area contributed by atoms with Crippen LogP contribution in [-0.4, -0.2) is 43.1 Å². The van der Waals surface area contributed by atoms with Crippen molar-refractivity contribution in [3.63, 3.8) is 0 Å². The smallest absolute Gasteiger partial charge is 0.238 e. The van der Waals surface area contributed by atoms with Gasteiger partial charge in [0, 0.05) is 6.54 Å². The lowest BCUT2D eigenvalue weighted by Gasteiger charge is -2.23. The second kappa shape index (κ2) is 8.95. The number of nitrogens with zero attached hydrogens (tertiary/aromatic N) is 1. The number of hydrogen-bond donors (Lipinski definition) is 2. The molecule has 1 atom stereocenters. The molecule has 2 aromatic rings. The molecule has 3 rings (SSSR count). The molecule has 0 radical (unpaired) electrons. The predicted molar refractivity (Wildman–Crippen MR) is 107 cm³/mol. The van der Waals surface area contributed by atoms with Crippen LogP contribution in [0.2, 0.25) is 5.02 Å². The molecule has 0 bridgehead atoms. The van der Waals surface area contributed by atoms with Crippen LogP contribution in [0.15, 0.2) is 42.5 Å². The maximum absolute atomic E-state index is 12.4. The molecule has 1 aliphatic heterocycles. The van der Waals surface area contributed by atoms with Gasteiger partial charge in [-0.2, -0.15) is 0 Å². The van der Waals surface area contributed by atoms with Crippen LogP contribution in [0.25, 0.3) is 0 Å². The summed E-state index contributed by atoms with van der Waals surface area (Å²) in [6.45, 7) is 2.38. The third kappa shape index (κ3) is 4.94. The van der Waals surface area contributed by atoms with Crippen molar-refractivity contribution in [3.05, 3.63) is 53.1 Å². The van der Waals surface area contributed by atoms with Gasteiger partial charge in [0.2, 0.25) is 18.6 Å². The van der Waals surface area contributed by atoms with Gasteiger partial charge in [0.25, 0.3) is 0 Å². The van der Waals surface area contributed by atoms with Crippen molar-refractivity contribution in [3.8, 4) is 11.5 Å². The first-order chi connectivity index (χ1) is 13.4. The molecule has 0 aliphatic carbocycles. The molecule has 2 N–H and O–H groups in total. The third-order valence-corrected chi connectivity index (χ3v) is 4.81. The van der Waals surface area contributed by atoms with Gasteiger partial charge in [-0.15, -0.1) is 0 Å². The van der Waals surface area contributed by atoms with Crippen molar-refractivity contribution >= 4 is 29.1 Å². The van der Waals surface area contributed by atoms with Gasteiger partial charge in [0.15, 0.2) is 11.5 Å². The molecular formula is C20H22ClN3O4. The maximum Gasteiger partial charge on any atom is 0.238 e. The lowest BCUT2D eigenvalue weighted by molar-refractivity contribution is -0.126. The molecule has 0 saturated heterocycles. The molecule has 8 heteroatoms. The lowest BCUT2D eigenvalue weighted by atomic mass is 10.2. The Morgan fingerprint density at radius 2 is 1.93 bits per heavy atom. The number of hydrogen-bond acceptors (Lipinski definition) is 5. The number of nitrogens with one attached hydrogen (secondary N) is 2. The predicted octanol–water partition coefficient (Wildman–Crippen LogP) is 2.64. The summed E-state index contributed by atoms with van der Waals surface area (Å²) in [7, 11) is 1.72. The number of ether oxygens (including phenoxy) is 2. The van der Waals surface area contributed by atoms with E-state index in [2.05, 4.69) is 10.6 Å². The molecule has 0 aromatic heterocycles. The van der Waals surface area contributed by atoms with E-state index in [0.717, 1.165) is 5.56 Å². The van der Waals surface area contributed by atoms with Crippen LogP contribution in [0.3, 0.4) is 0 Å². The molecule has 0 fully saturated rings. The summed E-state index contributed by atoms with van der Waals surface area (Å²) in [6.07, 6.45) is 0. The van der Waals surface area contributed by atoms with Crippen molar-refractivity contribution in [1.82, 2.24) is 10.2 Å². The van der Waals surface area contributed by atoms with Crippen LogP contribution in [0.1, 0.15) is 12.5 Å². The van der Waals surface area contributed by atoms with Gasteiger partial charge in [0.05, 0.1) is 23.3 Å². The first-order valence-electron chi connectivity index (χ1n) is 8.85. The van der Waals surface area contributed by atoms with E-state index in [1.54, 1.807) is 43.1 Å². The van der Waals surface area contributed by atoms with E-state index in [-0.39, 0.29) is 25.2 Å². The lowest BCUT2D eigenvalue weighted by Crippen LogP contribution is -2.45. The zero-order valence-electron chi connectivity index (χ0n) is 15.7. The Morgan fingerprint density at radius 1 is 1.18 bits per heavy atom. The van der Waals surface area contributed by atoms with E-state index in [4.69, 9.17) is 21.1 Å². The molecule has 1 aliphatic rings. The van der Waals surface area contributed by atoms with E-state index in [9.17, 15) is 9.59 Å². The average molecular weight is 404 g/mol. The Kier molecular flexibility index (Phi) is 6.38. The van der Waals surface area contributed by atoms with E-state index in [1.165, 1.54) is 0 Å². The first-order valence-corrected chi connectivity index (χ1v) is 9.22. The molecule has 0 saturated carbocycles. The van der Waals surface area contributed by atoms with E-state index in [1.807, 2.05) is 18.2 Å². The highest BCUT2D eigenvalue weighted by atomic mass is 35.5. The zero-order chi connectivity index (χ0) is 20.1. The van der Waals surface area contributed by atoms with Crippen molar-refractivity contribution in [2.75, 3.05) is 25.7 Å². The zero-order valence-corrected chi connectivity index (χ0v) is 16.5. The summed E-state index contributed by atoms with van der Waals surface area (Å²) in [5.74, 6) is 0.956. The highest BCUT2D eigenvalue weighted by molar-refractivity contribution is 6.33. The number of likely N-dealkylation sites (N-methyl/N-ethyl adjacent to an activating group) is 1. The summed E-state index contributed by atoms with van der Waals surface area (Å²) >= 11 is 6.04. The Balaban J connectivity index is 1.48. The summed E-state index contributed by atoms with van der Waals surface area (Å²) in [4.78, 5) is 26.3. The monoisotopic (exact) mass is 403 g/mol. The second-order valence-corrected chi connectivity index (χ2v) is 6.93. The maximum atomic E-state index is 12.4. The van der Waals surface area contributed by atoms with Crippen LogP contribution in [0.4, 0.5) is 5.69 Å². The Hall–Kier alpha value is -2.77. The molecule has 28 heavy (non-hydrogen) atoms. The average Bonchev–Trinajstić information content (AvgIpc) is 3.15. The quantitative estimate of drug-likeness (QED) is 0.743. The molecule has 0 spiro atoms. The minimum atomic E-state index is -0.481. The highest BCUT2D eigenvalue weighted by Gasteiger charge is 2.21. The van der Waals surface area contributed by atoms with E-state index >= 15 is 0 Å². The minimum absolute atomic E-state index is 0.0594. The van der Waals surface area contributed by atoms with Crippen LogP contribution < -0.4 is 20.1 Å². The molecular weight excluding hydrogens is 382 g/mol. The van der Waals surface area contributed by atoms with Crippen LogP contribution in [-0.2, 0) is 16.1 Å². The SMILES string of the molecule is CC(C(=O)NCc1ccc2c(c1)OCO2)N(C)CC(=O)Nc1ccccc1Cl. The van der Waals surface area contributed by atoms with Crippen molar-refractivity contribution in [1.29, 1.82) is 0 Å². The molecule has 148 valence electrons. The van der Waals surface area contributed by atoms with Crippen LogP contribution >= 0.6 is 11.6 Å². The van der Waals surface area contributed by atoms with E-state index in [0.29, 0.717) is 28.8 Å². The van der Waals surface area contributed by atoms with Gasteiger partial charge in [-0.05, 0) is 43.8 Å². The first kappa shape index (κ1) is 20.0. The molecule has 2 amide bonds. The van der Waals surface area contributed by atoms with Gasteiger partial charge in [-0.1, -0.05) is 29.8 Å². The van der Waals surface area contributed by atoms with Gasteiger partial charge in [-0.25, -0.2) is 0 Å². The fourth-order valence-corrected chi connectivity index (χ4v) is 2.89. The standard InChI is InChI=1S/C20H22ClN3O4/c1-13(24(2)11-19(25)23-16-6-4-3-5-15(16)21)20(26)22-10-14-7-8-17-18(9-14)28-12-27-17/h3-9,13H,10-12H2,1-2H3,(H,22,26)(H,23,25). The topological polar surface area (TPSA) is 79.9 Å². The van der Waals surface area contributed by atoms with Gasteiger partial charge in [-0.3, -0.25) is 14.5 Å². The Labute approximate surface area is 168 Å². The highest BCUT2D eigenvalue weighted by Crippen LogP contribution is 2.32. The number of amides is 2. The second-order valence-electron chi connectivity index (χ2n) is 6.52. The van der Waals surface area contributed by atoms with Gasteiger partial charge in [0.1, 0.15) is 0 Å². The molecule has 1 unspecified atom stereocenters. The molecule has 7 nitrogen and oxygen atoms in total. The number of anilines is 1. The van der Waals surface area contributed by atoms with Gasteiger partial charge >= 0.3 is 0 Å². The Morgan fingerprint density at radius 3 is 2.71 bits per heavy atom. The third-order valence-electron chi connectivity index (χ3n) is 4.49. The number of halogens is 1. The normalized spacial score (nSPS) is 13.3. The number of para-hydroxylation sites is 1. The molecule has 1 heterocycles. The number of rotatable bonds is 7. The van der Waals surface area contributed by atoms with Crippen molar-refractivity contribution in [2.45, 2.75) is 19.5 Å². The van der Waals surface area contributed by atoms with E-state index < -0.39 is 6.04 Å². The summed E-state index contributed by atoms with van der Waals surface area (Å²) in [6, 6.07) is 12.1.